The van der Waals surface area contributed by atoms with E-state index in [9.17, 15) is 9.59 Å². The summed E-state index contributed by atoms with van der Waals surface area (Å²) in [6, 6.07) is 14.1. The third-order valence-corrected chi connectivity index (χ3v) is 13.2. The summed E-state index contributed by atoms with van der Waals surface area (Å²) in [5.74, 6) is 0.00996. The van der Waals surface area contributed by atoms with Gasteiger partial charge in [0.15, 0.2) is 11.3 Å². The Morgan fingerprint density at radius 3 is 2.16 bits per heavy atom. The maximum atomic E-state index is 13.8. The Kier molecular flexibility index (Phi) is 6.72. The fourth-order valence-corrected chi connectivity index (χ4v) is 11.4. The summed E-state index contributed by atoms with van der Waals surface area (Å²) < 4.78 is 5.69. The van der Waals surface area contributed by atoms with E-state index in [-0.39, 0.29) is 17.0 Å². The maximum Gasteiger partial charge on any atom is 0.344 e. The SMILES string of the molecule is Cc1cc(C)c(NC(=O)C2([P+]3(CC(=O)OCc4ccccc4)CCCC3)CCC2)c(C)c1. The van der Waals surface area contributed by atoms with E-state index in [1.165, 1.54) is 5.56 Å². The van der Waals surface area contributed by atoms with Gasteiger partial charge >= 0.3 is 5.97 Å². The minimum absolute atomic E-state index is 0.133. The molecule has 0 aromatic heterocycles. The molecule has 2 fully saturated rings. The Balaban J connectivity index is 1.53. The first kappa shape index (κ1) is 23.0. The smallest absolute Gasteiger partial charge is 0.344 e. The highest BCUT2D eigenvalue weighted by Gasteiger charge is 2.67. The van der Waals surface area contributed by atoms with Gasteiger partial charge in [0, 0.05) is 12.9 Å². The zero-order valence-electron chi connectivity index (χ0n) is 19.6. The number of esters is 1. The van der Waals surface area contributed by atoms with Crippen molar-refractivity contribution in [2.45, 2.75) is 64.6 Å². The lowest BCUT2D eigenvalue weighted by molar-refractivity contribution is -0.141. The van der Waals surface area contributed by atoms with Crippen molar-refractivity contribution >= 4 is 24.8 Å². The molecule has 1 amide bonds. The van der Waals surface area contributed by atoms with E-state index in [0.717, 1.165) is 66.8 Å². The molecule has 0 spiro atoms. The molecule has 4 rings (SSSR count). The van der Waals surface area contributed by atoms with Crippen LogP contribution in [0.1, 0.15) is 54.4 Å². The molecule has 2 aromatic carbocycles. The van der Waals surface area contributed by atoms with E-state index in [4.69, 9.17) is 4.74 Å². The summed E-state index contributed by atoms with van der Waals surface area (Å²) in [5, 5.41) is 2.96. The van der Waals surface area contributed by atoms with Crippen LogP contribution in [0.2, 0.25) is 0 Å². The van der Waals surface area contributed by atoms with Crippen molar-refractivity contribution in [3.8, 4) is 0 Å². The molecule has 4 nitrogen and oxygen atoms in total. The molecule has 2 aromatic rings. The summed E-state index contributed by atoms with van der Waals surface area (Å²) in [7, 11) is -1.78. The molecule has 1 aliphatic carbocycles. The fraction of sp³-hybridized carbons (Fsp3) is 0.481. The van der Waals surface area contributed by atoms with Crippen molar-refractivity contribution in [3.05, 3.63) is 64.7 Å². The Morgan fingerprint density at radius 2 is 1.59 bits per heavy atom. The van der Waals surface area contributed by atoms with Crippen LogP contribution < -0.4 is 5.32 Å². The first-order chi connectivity index (χ1) is 15.4. The molecule has 0 atom stereocenters. The van der Waals surface area contributed by atoms with Crippen LogP contribution in [-0.4, -0.2) is 35.5 Å². The van der Waals surface area contributed by atoms with Gasteiger partial charge in [-0.25, -0.2) is 4.79 Å². The second-order valence-corrected chi connectivity index (χ2v) is 14.1. The second-order valence-electron chi connectivity index (χ2n) is 9.72. The van der Waals surface area contributed by atoms with Crippen LogP contribution in [0.4, 0.5) is 5.69 Å². The number of carbonyl (C=O) groups excluding carboxylic acids is 2. The fourth-order valence-electron chi connectivity index (χ4n) is 5.74. The highest BCUT2D eigenvalue weighted by molar-refractivity contribution is 7.79. The summed E-state index contributed by atoms with van der Waals surface area (Å²) in [6.07, 6.45) is 7.64. The first-order valence-corrected chi connectivity index (χ1v) is 14.1. The third-order valence-electron chi connectivity index (χ3n) is 7.52. The van der Waals surface area contributed by atoms with Crippen molar-refractivity contribution < 1.29 is 14.3 Å². The Labute approximate surface area is 192 Å². The van der Waals surface area contributed by atoms with E-state index in [0.29, 0.717) is 12.8 Å². The van der Waals surface area contributed by atoms with Gasteiger partial charge in [0.05, 0.1) is 12.3 Å². The van der Waals surface area contributed by atoms with Gasteiger partial charge in [-0.15, -0.1) is 0 Å². The van der Waals surface area contributed by atoms with E-state index >= 15 is 0 Å². The molecular formula is C27H35NO3P+. The average molecular weight is 453 g/mol. The highest BCUT2D eigenvalue weighted by Crippen LogP contribution is 2.78. The van der Waals surface area contributed by atoms with Gasteiger partial charge in [-0.05, 0) is 69.6 Å². The topological polar surface area (TPSA) is 55.4 Å². The molecule has 1 N–H and O–H groups in total. The van der Waals surface area contributed by atoms with Crippen LogP contribution in [0.5, 0.6) is 0 Å². The summed E-state index contributed by atoms with van der Waals surface area (Å²) in [6.45, 7) is 6.51. The van der Waals surface area contributed by atoms with Crippen LogP contribution in [-0.2, 0) is 20.9 Å². The standard InChI is InChI=1S/C27H34NO3P/c1-20-16-21(2)25(22(3)17-20)28-26(30)27(12-9-13-27)32(14-7-8-15-32)19-24(29)31-18-23-10-5-4-6-11-23/h4-6,10-11,16-17H,7-9,12-15,18-19H2,1-3H3/p+1. The number of anilines is 1. The zero-order chi connectivity index (χ0) is 22.8. The number of amides is 1. The predicted octanol–water partition coefficient (Wildman–Crippen LogP) is 6.03. The van der Waals surface area contributed by atoms with Gasteiger partial charge in [0.2, 0.25) is 0 Å². The molecule has 1 aliphatic heterocycles. The van der Waals surface area contributed by atoms with Crippen molar-refractivity contribution in [2.24, 2.45) is 0 Å². The minimum atomic E-state index is -1.78. The average Bonchev–Trinajstić information content (AvgIpc) is 3.18. The molecule has 1 heterocycles. The van der Waals surface area contributed by atoms with Gasteiger partial charge in [0.1, 0.15) is 6.61 Å². The molecule has 0 radical (unpaired) electrons. The molecule has 5 heteroatoms. The van der Waals surface area contributed by atoms with Gasteiger partial charge in [-0.2, -0.15) is 0 Å². The van der Waals surface area contributed by atoms with Crippen molar-refractivity contribution in [3.63, 3.8) is 0 Å². The van der Waals surface area contributed by atoms with Crippen molar-refractivity contribution in [2.75, 3.05) is 23.8 Å². The van der Waals surface area contributed by atoms with Crippen molar-refractivity contribution in [1.82, 2.24) is 0 Å². The van der Waals surface area contributed by atoms with Crippen molar-refractivity contribution in [1.29, 1.82) is 0 Å². The number of hydrogen-bond acceptors (Lipinski definition) is 3. The number of hydrogen-bond donors (Lipinski definition) is 1. The van der Waals surface area contributed by atoms with E-state index in [1.54, 1.807) is 0 Å². The minimum Gasteiger partial charge on any atom is -0.458 e. The van der Waals surface area contributed by atoms with Gasteiger partial charge < -0.3 is 10.1 Å². The lowest BCUT2D eigenvalue weighted by Gasteiger charge is -2.47. The summed E-state index contributed by atoms with van der Waals surface area (Å²) in [4.78, 5) is 26.8. The van der Waals surface area contributed by atoms with Gasteiger partial charge in [-0.1, -0.05) is 48.0 Å². The molecule has 2 aliphatic rings. The molecule has 1 saturated heterocycles. The zero-order valence-corrected chi connectivity index (χ0v) is 20.5. The third kappa shape index (κ3) is 4.35. The summed E-state index contributed by atoms with van der Waals surface area (Å²) in [5.41, 5.74) is 5.35. The molecule has 170 valence electrons. The molecule has 1 saturated carbocycles. The molecular weight excluding hydrogens is 417 g/mol. The Hall–Kier alpha value is -2.19. The maximum absolute atomic E-state index is 13.8. The highest BCUT2D eigenvalue weighted by atomic mass is 31.2. The van der Waals surface area contributed by atoms with E-state index in [1.807, 2.05) is 30.3 Å². The van der Waals surface area contributed by atoms with Crippen LogP contribution in [0.25, 0.3) is 0 Å². The van der Waals surface area contributed by atoms with Crippen LogP contribution >= 0.6 is 7.26 Å². The van der Waals surface area contributed by atoms with Crippen LogP contribution in [0.3, 0.4) is 0 Å². The quantitative estimate of drug-likeness (QED) is 0.412. The predicted molar refractivity (Wildman–Crippen MR) is 133 cm³/mol. The number of benzene rings is 2. The number of aryl methyl sites for hydroxylation is 3. The Morgan fingerprint density at radius 1 is 0.969 bits per heavy atom. The molecule has 0 unspecified atom stereocenters. The van der Waals surface area contributed by atoms with Gasteiger partial charge in [-0.3, -0.25) is 4.79 Å². The number of nitrogens with one attached hydrogen (secondary N) is 1. The Bertz CT molecular complexity index is 968. The van der Waals surface area contributed by atoms with Crippen LogP contribution in [0, 0.1) is 20.8 Å². The van der Waals surface area contributed by atoms with E-state index in [2.05, 4.69) is 38.2 Å². The lowest BCUT2D eigenvalue weighted by Crippen LogP contribution is -2.52. The molecule has 32 heavy (non-hydrogen) atoms. The normalized spacial score (nSPS) is 18.6. The van der Waals surface area contributed by atoms with Gasteiger partial charge in [0.25, 0.3) is 5.91 Å². The lowest BCUT2D eigenvalue weighted by atomic mass is 9.83. The number of rotatable bonds is 7. The summed E-state index contributed by atoms with van der Waals surface area (Å²) >= 11 is 0. The van der Waals surface area contributed by atoms with Crippen LogP contribution in [0.15, 0.2) is 42.5 Å². The monoisotopic (exact) mass is 452 g/mol. The number of carbonyl (C=O) groups is 2. The second kappa shape index (κ2) is 9.35. The first-order valence-electron chi connectivity index (χ1n) is 11.8. The van der Waals surface area contributed by atoms with E-state index < -0.39 is 7.26 Å². The molecule has 0 bridgehead atoms. The number of ether oxygens (including phenoxy) is 1. The largest absolute Gasteiger partial charge is 0.458 e.